The zero-order valence-corrected chi connectivity index (χ0v) is 9.05. The lowest BCUT2D eigenvalue weighted by atomic mass is 10.5. The number of rotatable bonds is 4. The Morgan fingerprint density at radius 1 is 1.44 bits per heavy atom. The average Bonchev–Trinajstić information content (AvgIpc) is 2.79. The molecule has 2 aromatic heterocycles. The smallest absolute Gasteiger partial charge is 0.226 e. The van der Waals surface area contributed by atoms with Gasteiger partial charge in [0.05, 0.1) is 6.54 Å². The van der Waals surface area contributed by atoms with Gasteiger partial charge in [-0.3, -0.25) is 0 Å². The lowest BCUT2D eigenvalue weighted by molar-refractivity contribution is 0.881. The third kappa shape index (κ3) is 2.41. The Balaban J connectivity index is 2.01. The van der Waals surface area contributed by atoms with Crippen molar-refractivity contribution in [2.75, 3.05) is 24.3 Å². The topological polar surface area (TPSA) is 95.5 Å². The molecule has 2 aromatic rings. The van der Waals surface area contributed by atoms with Gasteiger partial charge in [-0.2, -0.15) is 10.2 Å². The molecule has 0 aliphatic heterocycles. The first-order valence-electron chi connectivity index (χ1n) is 4.72. The first-order valence-corrected chi connectivity index (χ1v) is 4.72. The maximum atomic E-state index is 4.29. The molecule has 0 bridgehead atoms. The summed E-state index contributed by atoms with van der Waals surface area (Å²) in [6, 6.07) is 1.78. The van der Waals surface area contributed by atoms with Crippen LogP contribution in [0.5, 0.6) is 0 Å². The standard InChI is InChI=1S/C8H12N8/c1-16(2)8-9-4-3-6(11-8)10-5-7-12-14-15-13-7/h3-4H,5H2,1-2H3,(H,9,10,11)(H,12,13,14,15). The first kappa shape index (κ1) is 10.3. The van der Waals surface area contributed by atoms with Crippen molar-refractivity contribution in [1.82, 2.24) is 30.6 Å². The van der Waals surface area contributed by atoms with E-state index in [4.69, 9.17) is 0 Å². The molecule has 0 aliphatic carbocycles. The Morgan fingerprint density at radius 3 is 3.00 bits per heavy atom. The number of nitrogens with zero attached hydrogens (tertiary/aromatic N) is 6. The van der Waals surface area contributed by atoms with Gasteiger partial charge in [0.1, 0.15) is 5.82 Å². The van der Waals surface area contributed by atoms with Crippen LogP contribution in [0.3, 0.4) is 0 Å². The Morgan fingerprint density at radius 2 is 2.31 bits per heavy atom. The molecule has 0 spiro atoms. The van der Waals surface area contributed by atoms with Gasteiger partial charge < -0.3 is 10.2 Å². The third-order valence-corrected chi connectivity index (χ3v) is 1.86. The Hall–Kier alpha value is -2.25. The summed E-state index contributed by atoms with van der Waals surface area (Å²) in [5, 5.41) is 16.6. The number of tetrazole rings is 1. The molecular formula is C8H12N8. The lowest BCUT2D eigenvalue weighted by Crippen LogP contribution is -2.13. The van der Waals surface area contributed by atoms with Crippen molar-refractivity contribution < 1.29 is 0 Å². The minimum atomic E-state index is 0.473. The number of H-pyrrole nitrogens is 1. The van der Waals surface area contributed by atoms with Crippen molar-refractivity contribution >= 4 is 11.8 Å². The van der Waals surface area contributed by atoms with Crippen LogP contribution in [0.2, 0.25) is 0 Å². The van der Waals surface area contributed by atoms with E-state index < -0.39 is 0 Å². The van der Waals surface area contributed by atoms with Gasteiger partial charge in [-0.05, 0) is 6.07 Å². The van der Waals surface area contributed by atoms with E-state index in [-0.39, 0.29) is 0 Å². The second kappa shape index (κ2) is 4.51. The summed E-state index contributed by atoms with van der Waals surface area (Å²) in [4.78, 5) is 10.2. The molecule has 0 fully saturated rings. The van der Waals surface area contributed by atoms with E-state index in [1.807, 2.05) is 19.0 Å². The van der Waals surface area contributed by atoms with Crippen LogP contribution in [0.1, 0.15) is 5.82 Å². The van der Waals surface area contributed by atoms with Crippen molar-refractivity contribution in [3.8, 4) is 0 Å². The molecule has 0 aliphatic rings. The normalized spacial score (nSPS) is 10.1. The summed E-state index contributed by atoms with van der Waals surface area (Å²) in [5.41, 5.74) is 0. The highest BCUT2D eigenvalue weighted by Gasteiger charge is 2.02. The fraction of sp³-hybridized carbons (Fsp3) is 0.375. The highest BCUT2D eigenvalue weighted by Crippen LogP contribution is 2.08. The SMILES string of the molecule is CN(C)c1nccc(NCc2nn[nH]n2)n1. The maximum absolute atomic E-state index is 4.29. The summed E-state index contributed by atoms with van der Waals surface area (Å²) < 4.78 is 0. The van der Waals surface area contributed by atoms with Crippen molar-refractivity contribution in [1.29, 1.82) is 0 Å². The molecule has 0 atom stereocenters. The number of anilines is 2. The number of nitrogens with one attached hydrogen (secondary N) is 2. The number of aromatic nitrogens is 6. The molecule has 0 saturated carbocycles. The zero-order valence-electron chi connectivity index (χ0n) is 9.05. The molecule has 0 aromatic carbocycles. The zero-order chi connectivity index (χ0) is 11.4. The van der Waals surface area contributed by atoms with E-state index >= 15 is 0 Å². The van der Waals surface area contributed by atoms with Crippen molar-refractivity contribution in [3.63, 3.8) is 0 Å². The molecule has 0 unspecified atom stereocenters. The van der Waals surface area contributed by atoms with Gasteiger partial charge in [-0.25, -0.2) is 4.98 Å². The monoisotopic (exact) mass is 220 g/mol. The lowest BCUT2D eigenvalue weighted by Gasteiger charge is -2.10. The molecular weight excluding hydrogens is 208 g/mol. The summed E-state index contributed by atoms with van der Waals surface area (Å²) in [6.07, 6.45) is 1.70. The quantitative estimate of drug-likeness (QED) is 0.728. The Labute approximate surface area is 92.1 Å². The van der Waals surface area contributed by atoms with Gasteiger partial charge >= 0.3 is 0 Å². The third-order valence-electron chi connectivity index (χ3n) is 1.86. The van der Waals surface area contributed by atoms with Crippen LogP contribution in [0.4, 0.5) is 11.8 Å². The van der Waals surface area contributed by atoms with Crippen molar-refractivity contribution in [2.45, 2.75) is 6.54 Å². The van der Waals surface area contributed by atoms with Crippen LogP contribution < -0.4 is 10.2 Å². The molecule has 0 saturated heterocycles. The minimum absolute atomic E-state index is 0.473. The average molecular weight is 220 g/mol. The molecule has 84 valence electrons. The summed E-state index contributed by atoms with van der Waals surface area (Å²) in [7, 11) is 3.77. The fourth-order valence-electron chi connectivity index (χ4n) is 1.09. The van der Waals surface area contributed by atoms with Crippen LogP contribution in [-0.4, -0.2) is 44.7 Å². The Bertz CT molecular complexity index is 437. The predicted octanol–water partition coefficient (Wildman–Crippen LogP) is -0.332. The van der Waals surface area contributed by atoms with E-state index in [1.54, 1.807) is 12.3 Å². The number of hydrogen-bond donors (Lipinski definition) is 2. The summed E-state index contributed by atoms with van der Waals surface area (Å²) in [6.45, 7) is 0.473. The largest absolute Gasteiger partial charge is 0.362 e. The van der Waals surface area contributed by atoms with Crippen LogP contribution >= 0.6 is 0 Å². The predicted molar refractivity (Wildman–Crippen MR) is 57.9 cm³/mol. The van der Waals surface area contributed by atoms with Crippen LogP contribution in [0.25, 0.3) is 0 Å². The Kier molecular flexibility index (Phi) is 2.90. The second-order valence-corrected chi connectivity index (χ2v) is 3.32. The van der Waals surface area contributed by atoms with Gasteiger partial charge in [0, 0.05) is 20.3 Å². The molecule has 8 heteroatoms. The molecule has 0 radical (unpaired) electrons. The van der Waals surface area contributed by atoms with Crippen LogP contribution in [-0.2, 0) is 6.54 Å². The second-order valence-electron chi connectivity index (χ2n) is 3.32. The highest BCUT2D eigenvalue weighted by molar-refractivity contribution is 5.40. The van der Waals surface area contributed by atoms with Gasteiger partial charge in [0.25, 0.3) is 0 Å². The van der Waals surface area contributed by atoms with E-state index in [1.165, 1.54) is 0 Å². The van der Waals surface area contributed by atoms with Crippen LogP contribution in [0.15, 0.2) is 12.3 Å². The summed E-state index contributed by atoms with van der Waals surface area (Å²) in [5.74, 6) is 1.96. The number of hydrogen-bond acceptors (Lipinski definition) is 7. The molecule has 8 nitrogen and oxygen atoms in total. The van der Waals surface area contributed by atoms with Gasteiger partial charge in [-0.15, -0.1) is 10.2 Å². The summed E-state index contributed by atoms with van der Waals surface area (Å²) >= 11 is 0. The maximum Gasteiger partial charge on any atom is 0.226 e. The van der Waals surface area contributed by atoms with E-state index in [9.17, 15) is 0 Å². The van der Waals surface area contributed by atoms with E-state index in [2.05, 4.69) is 35.9 Å². The van der Waals surface area contributed by atoms with Crippen LogP contribution in [0, 0.1) is 0 Å². The molecule has 16 heavy (non-hydrogen) atoms. The first-order chi connectivity index (χ1) is 7.75. The van der Waals surface area contributed by atoms with Crippen molar-refractivity contribution in [3.05, 3.63) is 18.1 Å². The van der Waals surface area contributed by atoms with E-state index in [0.717, 1.165) is 5.82 Å². The molecule has 2 rings (SSSR count). The van der Waals surface area contributed by atoms with Gasteiger partial charge in [0.15, 0.2) is 5.82 Å². The molecule has 2 N–H and O–H groups in total. The van der Waals surface area contributed by atoms with Gasteiger partial charge in [-0.1, -0.05) is 5.21 Å². The van der Waals surface area contributed by atoms with Crippen molar-refractivity contribution in [2.24, 2.45) is 0 Å². The molecule has 0 amide bonds. The minimum Gasteiger partial charge on any atom is -0.362 e. The highest BCUT2D eigenvalue weighted by atomic mass is 15.5. The fourth-order valence-corrected chi connectivity index (χ4v) is 1.09. The molecule has 2 heterocycles. The van der Waals surface area contributed by atoms with E-state index in [0.29, 0.717) is 18.3 Å². The van der Waals surface area contributed by atoms with Gasteiger partial charge in [0.2, 0.25) is 5.95 Å². The number of aromatic amines is 1.